The molecule has 0 unspecified atom stereocenters. The average Bonchev–Trinajstić information content (AvgIpc) is 2.50. The van der Waals surface area contributed by atoms with Gasteiger partial charge in [0.25, 0.3) is 9.05 Å². The predicted molar refractivity (Wildman–Crippen MR) is 59.6 cm³/mol. The minimum absolute atomic E-state index is 0.0334. The quantitative estimate of drug-likeness (QED) is 0.775. The lowest BCUT2D eigenvalue weighted by Crippen LogP contribution is -2.08. The van der Waals surface area contributed by atoms with E-state index in [-0.39, 0.29) is 10.6 Å². The van der Waals surface area contributed by atoms with Crippen LogP contribution in [0.15, 0.2) is 5.03 Å². The van der Waals surface area contributed by atoms with E-state index in [0.717, 1.165) is 12.8 Å². The molecule has 88 valence electrons. The number of aryl methyl sites for hydroxylation is 2. The molecule has 0 radical (unpaired) electrons. The van der Waals surface area contributed by atoms with Gasteiger partial charge in [0.1, 0.15) is 11.6 Å². The summed E-state index contributed by atoms with van der Waals surface area (Å²) in [5.41, 5.74) is 0.420. The maximum atomic E-state index is 11.4. The Morgan fingerprint density at radius 1 is 1.56 bits per heavy atom. The van der Waals surface area contributed by atoms with E-state index >= 15 is 0 Å². The van der Waals surface area contributed by atoms with E-state index in [2.05, 4.69) is 5.10 Å². The van der Waals surface area contributed by atoms with Crippen molar-refractivity contribution in [3.05, 3.63) is 11.3 Å². The van der Waals surface area contributed by atoms with Gasteiger partial charge in [0.05, 0.1) is 5.69 Å². The molecular formula is C9H12ClN3O2S. The van der Waals surface area contributed by atoms with Crippen LogP contribution in [0.1, 0.15) is 31.0 Å². The van der Waals surface area contributed by atoms with Crippen LogP contribution in [0.4, 0.5) is 0 Å². The summed E-state index contributed by atoms with van der Waals surface area (Å²) in [7, 11) is 1.36. The molecule has 1 aromatic heterocycles. The number of unbranched alkanes of at least 4 members (excludes halogenated alkanes) is 1. The fourth-order valence-corrected chi connectivity index (χ4v) is 2.69. The first-order valence-corrected chi connectivity index (χ1v) is 7.15. The zero-order chi connectivity index (χ0) is 12.3. The summed E-state index contributed by atoms with van der Waals surface area (Å²) in [4.78, 5) is 0. The number of nitriles is 1. The zero-order valence-electron chi connectivity index (χ0n) is 9.07. The van der Waals surface area contributed by atoms with Gasteiger partial charge in [-0.2, -0.15) is 10.4 Å². The van der Waals surface area contributed by atoms with Gasteiger partial charge in [-0.15, -0.1) is 0 Å². The molecule has 1 heterocycles. The SMILES string of the molecule is CCCCn1nc(C)c(C#N)c1S(=O)(=O)Cl. The van der Waals surface area contributed by atoms with Crippen molar-refractivity contribution >= 4 is 19.7 Å². The highest BCUT2D eigenvalue weighted by Crippen LogP contribution is 2.22. The molecule has 5 nitrogen and oxygen atoms in total. The second kappa shape index (κ2) is 4.85. The number of aromatic nitrogens is 2. The van der Waals surface area contributed by atoms with E-state index in [1.165, 1.54) is 4.68 Å². The summed E-state index contributed by atoms with van der Waals surface area (Å²) >= 11 is 0. The van der Waals surface area contributed by atoms with Crippen LogP contribution in [-0.2, 0) is 15.6 Å². The first-order valence-electron chi connectivity index (χ1n) is 4.84. The molecule has 7 heteroatoms. The minimum atomic E-state index is -3.94. The molecule has 1 rings (SSSR count). The summed E-state index contributed by atoms with van der Waals surface area (Å²) in [5, 5.41) is 12.7. The first-order chi connectivity index (χ1) is 7.41. The molecule has 16 heavy (non-hydrogen) atoms. The molecule has 0 atom stereocenters. The molecule has 0 aliphatic rings. The third-order valence-electron chi connectivity index (χ3n) is 2.15. The molecule has 0 saturated carbocycles. The maximum absolute atomic E-state index is 11.4. The zero-order valence-corrected chi connectivity index (χ0v) is 10.6. The maximum Gasteiger partial charge on any atom is 0.279 e. The van der Waals surface area contributed by atoms with Crippen molar-refractivity contribution in [2.24, 2.45) is 0 Å². The van der Waals surface area contributed by atoms with Crippen LogP contribution < -0.4 is 0 Å². The highest BCUT2D eigenvalue weighted by molar-refractivity contribution is 8.13. The normalized spacial score (nSPS) is 11.4. The summed E-state index contributed by atoms with van der Waals surface area (Å²) in [6.45, 7) is 4.02. The van der Waals surface area contributed by atoms with Crippen LogP contribution >= 0.6 is 10.7 Å². The summed E-state index contributed by atoms with van der Waals surface area (Å²) in [6, 6.07) is 1.82. The Hall–Kier alpha value is -1.06. The van der Waals surface area contributed by atoms with Gasteiger partial charge < -0.3 is 0 Å². The van der Waals surface area contributed by atoms with Gasteiger partial charge in [-0.3, -0.25) is 4.68 Å². The van der Waals surface area contributed by atoms with Gasteiger partial charge in [-0.05, 0) is 13.3 Å². The molecule has 0 N–H and O–H groups in total. The van der Waals surface area contributed by atoms with Crippen molar-refractivity contribution in [1.29, 1.82) is 5.26 Å². The lowest BCUT2D eigenvalue weighted by Gasteiger charge is -2.03. The molecule has 0 fully saturated rings. The van der Waals surface area contributed by atoms with Crippen LogP contribution in [0.3, 0.4) is 0 Å². The van der Waals surface area contributed by atoms with E-state index in [4.69, 9.17) is 15.9 Å². The molecule has 0 saturated heterocycles. The van der Waals surface area contributed by atoms with E-state index in [1.54, 1.807) is 6.92 Å². The van der Waals surface area contributed by atoms with Gasteiger partial charge in [-0.25, -0.2) is 8.42 Å². The minimum Gasteiger partial charge on any atom is -0.252 e. The molecule has 0 aromatic carbocycles. The predicted octanol–water partition coefficient (Wildman–Crippen LogP) is 1.79. The monoisotopic (exact) mass is 261 g/mol. The Labute approximate surface area is 99.1 Å². The standard InChI is InChI=1S/C9H12ClN3O2S/c1-3-4-5-13-9(16(10,14)15)8(6-11)7(2)12-13/h3-5H2,1-2H3. The van der Waals surface area contributed by atoms with Crippen LogP contribution in [0.25, 0.3) is 0 Å². The van der Waals surface area contributed by atoms with Crippen molar-refractivity contribution < 1.29 is 8.42 Å². The highest BCUT2D eigenvalue weighted by Gasteiger charge is 2.25. The fraction of sp³-hybridized carbons (Fsp3) is 0.556. The van der Waals surface area contributed by atoms with Gasteiger partial charge in [-0.1, -0.05) is 13.3 Å². The van der Waals surface area contributed by atoms with E-state index in [9.17, 15) is 8.42 Å². The van der Waals surface area contributed by atoms with Crippen molar-refractivity contribution in [3.8, 4) is 6.07 Å². The number of nitrogens with zero attached hydrogens (tertiary/aromatic N) is 3. The highest BCUT2D eigenvalue weighted by atomic mass is 35.7. The van der Waals surface area contributed by atoms with Crippen molar-refractivity contribution in [1.82, 2.24) is 9.78 Å². The average molecular weight is 262 g/mol. The molecule has 0 spiro atoms. The molecule has 0 aliphatic carbocycles. The Kier molecular flexibility index (Phi) is 3.94. The Balaban J connectivity index is 3.35. The summed E-state index contributed by atoms with van der Waals surface area (Å²) < 4.78 is 24.0. The van der Waals surface area contributed by atoms with Crippen LogP contribution in [0.2, 0.25) is 0 Å². The molecule has 0 aliphatic heterocycles. The Morgan fingerprint density at radius 2 is 2.19 bits per heavy atom. The lowest BCUT2D eigenvalue weighted by atomic mass is 10.3. The Morgan fingerprint density at radius 3 is 2.62 bits per heavy atom. The van der Waals surface area contributed by atoms with Crippen LogP contribution in [0, 0.1) is 18.3 Å². The van der Waals surface area contributed by atoms with Crippen molar-refractivity contribution in [2.75, 3.05) is 0 Å². The number of hydrogen-bond donors (Lipinski definition) is 0. The third kappa shape index (κ3) is 2.54. The molecule has 0 amide bonds. The second-order valence-corrected chi connectivity index (χ2v) is 5.87. The second-order valence-electron chi connectivity index (χ2n) is 3.39. The van der Waals surface area contributed by atoms with E-state index < -0.39 is 9.05 Å². The van der Waals surface area contributed by atoms with Crippen LogP contribution in [0.5, 0.6) is 0 Å². The largest absolute Gasteiger partial charge is 0.279 e. The number of hydrogen-bond acceptors (Lipinski definition) is 4. The third-order valence-corrected chi connectivity index (χ3v) is 3.46. The summed E-state index contributed by atoms with van der Waals surface area (Å²) in [5.74, 6) is 0. The molecular weight excluding hydrogens is 250 g/mol. The fourth-order valence-electron chi connectivity index (χ4n) is 1.40. The molecule has 0 bridgehead atoms. The van der Waals surface area contributed by atoms with Gasteiger partial charge in [0.2, 0.25) is 0 Å². The molecule has 1 aromatic rings. The van der Waals surface area contributed by atoms with Gasteiger partial charge in [0.15, 0.2) is 5.03 Å². The Bertz CT molecular complexity index is 528. The first kappa shape index (κ1) is 13.0. The topological polar surface area (TPSA) is 75.8 Å². The van der Waals surface area contributed by atoms with Crippen LogP contribution in [-0.4, -0.2) is 18.2 Å². The van der Waals surface area contributed by atoms with Gasteiger partial charge >= 0.3 is 0 Å². The summed E-state index contributed by atoms with van der Waals surface area (Å²) in [6.07, 6.45) is 1.69. The van der Waals surface area contributed by atoms with E-state index in [0.29, 0.717) is 12.2 Å². The van der Waals surface area contributed by atoms with E-state index in [1.807, 2.05) is 13.0 Å². The van der Waals surface area contributed by atoms with Crippen molar-refractivity contribution in [3.63, 3.8) is 0 Å². The van der Waals surface area contributed by atoms with Crippen molar-refractivity contribution in [2.45, 2.75) is 38.3 Å². The van der Waals surface area contributed by atoms with Gasteiger partial charge in [0, 0.05) is 17.2 Å². The number of halogens is 1. The lowest BCUT2D eigenvalue weighted by molar-refractivity contribution is 0.516. The smallest absolute Gasteiger partial charge is 0.252 e. The number of rotatable bonds is 4.